The second-order valence-corrected chi connectivity index (χ2v) is 9.51. The molecule has 2 atom stereocenters. The summed E-state index contributed by atoms with van der Waals surface area (Å²) in [5.74, 6) is -2.19. The summed E-state index contributed by atoms with van der Waals surface area (Å²) >= 11 is 1.64. The van der Waals surface area contributed by atoms with Crippen molar-refractivity contribution >= 4 is 42.1 Å². The molecule has 1 heterocycles. The second-order valence-electron chi connectivity index (χ2n) is 8.57. The van der Waals surface area contributed by atoms with Crippen LogP contribution in [0.5, 0.6) is 0 Å². The van der Waals surface area contributed by atoms with Crippen molar-refractivity contribution in [3.8, 4) is 0 Å². The van der Waals surface area contributed by atoms with Crippen LogP contribution < -0.4 is 16.4 Å². The molecule has 0 radical (unpaired) electrons. The molecule has 4 nitrogen and oxygen atoms in total. The summed E-state index contributed by atoms with van der Waals surface area (Å²) in [5, 5.41) is 8.59. The van der Waals surface area contributed by atoms with E-state index < -0.39 is 5.92 Å². The van der Waals surface area contributed by atoms with Crippen molar-refractivity contribution in [1.82, 2.24) is 10.6 Å². The molecule has 3 fully saturated rings. The molecule has 4 rings (SSSR count). The van der Waals surface area contributed by atoms with Crippen molar-refractivity contribution < 1.29 is 13.6 Å². The Bertz CT molecular complexity index is 672. The third-order valence-corrected chi connectivity index (χ3v) is 7.38. The van der Waals surface area contributed by atoms with Crippen LogP contribution in [0.15, 0.2) is 11.4 Å². The quantitative estimate of drug-likeness (QED) is 0.589. The fourth-order valence-corrected chi connectivity index (χ4v) is 5.47. The Morgan fingerprint density at radius 2 is 1.72 bits per heavy atom. The maximum absolute atomic E-state index is 13.2. The summed E-state index contributed by atoms with van der Waals surface area (Å²) in [6.07, 6.45) is 6.10. The smallest absolute Gasteiger partial charge is 0.252 e. The fourth-order valence-electron chi connectivity index (χ4n) is 4.40. The summed E-state index contributed by atoms with van der Waals surface area (Å²) < 4.78 is 26.5. The van der Waals surface area contributed by atoms with E-state index in [1.807, 2.05) is 11.4 Å². The molecule has 4 N–H and O–H groups in total. The molecule has 3 saturated carbocycles. The molecule has 3 aliphatic carbocycles. The van der Waals surface area contributed by atoms with Crippen LogP contribution >= 0.6 is 36.2 Å². The monoisotopic (exact) mass is 469 g/mol. The van der Waals surface area contributed by atoms with Gasteiger partial charge in [-0.3, -0.25) is 4.79 Å². The van der Waals surface area contributed by atoms with Crippen LogP contribution in [0.4, 0.5) is 8.78 Å². The van der Waals surface area contributed by atoms with Gasteiger partial charge in [0, 0.05) is 53.2 Å². The largest absolute Gasteiger partial charge is 0.349 e. The zero-order chi connectivity index (χ0) is 19.0. The van der Waals surface area contributed by atoms with E-state index in [4.69, 9.17) is 5.73 Å². The number of carbonyl (C=O) groups is 1. The zero-order valence-corrected chi connectivity index (χ0v) is 18.8. The van der Waals surface area contributed by atoms with Crippen molar-refractivity contribution in [2.24, 2.45) is 5.73 Å². The Hall–Kier alpha value is -0.470. The van der Waals surface area contributed by atoms with Gasteiger partial charge in [0.1, 0.15) is 0 Å². The molecule has 0 spiro atoms. The first kappa shape index (κ1) is 24.8. The lowest BCUT2D eigenvalue weighted by Crippen LogP contribution is -2.40. The molecule has 1 amide bonds. The van der Waals surface area contributed by atoms with Crippen LogP contribution in [0.2, 0.25) is 0 Å². The van der Waals surface area contributed by atoms with Crippen molar-refractivity contribution in [3.05, 3.63) is 21.9 Å². The first-order valence-electron chi connectivity index (χ1n) is 10.2. The normalized spacial score (nSPS) is 31.3. The van der Waals surface area contributed by atoms with Gasteiger partial charge in [-0.1, -0.05) is 0 Å². The van der Waals surface area contributed by atoms with E-state index in [0.29, 0.717) is 42.4 Å². The van der Waals surface area contributed by atoms with Gasteiger partial charge in [0.2, 0.25) is 5.92 Å². The lowest BCUT2D eigenvalue weighted by molar-refractivity contribution is -0.0399. The minimum absolute atomic E-state index is 0. The van der Waals surface area contributed by atoms with Gasteiger partial charge >= 0.3 is 0 Å². The van der Waals surface area contributed by atoms with Crippen LogP contribution in [0.3, 0.4) is 0 Å². The number of carbonyl (C=O) groups excluding carboxylic acids is 1. The maximum Gasteiger partial charge on any atom is 0.252 e. The van der Waals surface area contributed by atoms with Gasteiger partial charge in [0.25, 0.3) is 5.91 Å². The molecule has 0 aromatic carbocycles. The summed E-state index contributed by atoms with van der Waals surface area (Å²) in [6, 6.07) is 3.31. The average molecular weight is 470 g/mol. The predicted molar refractivity (Wildman–Crippen MR) is 118 cm³/mol. The van der Waals surface area contributed by atoms with Crippen LogP contribution in [0, 0.1) is 0 Å². The van der Waals surface area contributed by atoms with E-state index >= 15 is 0 Å². The van der Waals surface area contributed by atoms with Crippen LogP contribution in [-0.4, -0.2) is 36.0 Å². The Morgan fingerprint density at radius 1 is 1.07 bits per heavy atom. The number of halogens is 4. The molecule has 0 unspecified atom stereocenters. The third-order valence-electron chi connectivity index (χ3n) is 6.31. The average Bonchev–Trinajstić information content (AvgIpc) is 3.21. The van der Waals surface area contributed by atoms with Crippen molar-refractivity contribution in [2.45, 2.75) is 93.8 Å². The summed E-state index contributed by atoms with van der Waals surface area (Å²) in [7, 11) is 0. The minimum atomic E-state index is -2.56. The number of alkyl halides is 2. The molecular formula is C20H31Cl2F2N3OS. The van der Waals surface area contributed by atoms with E-state index in [2.05, 4.69) is 10.6 Å². The van der Waals surface area contributed by atoms with Gasteiger partial charge in [-0.2, -0.15) is 0 Å². The molecule has 1 aromatic rings. The number of rotatable bonds is 5. The van der Waals surface area contributed by atoms with Gasteiger partial charge in [0.15, 0.2) is 0 Å². The number of hydrogen-bond donors (Lipinski definition) is 3. The van der Waals surface area contributed by atoms with Gasteiger partial charge in [-0.25, -0.2) is 8.78 Å². The van der Waals surface area contributed by atoms with Crippen LogP contribution in [-0.2, 0) is 0 Å². The van der Waals surface area contributed by atoms with Crippen LogP contribution in [0.25, 0.3) is 0 Å². The van der Waals surface area contributed by atoms with Crippen molar-refractivity contribution in [3.63, 3.8) is 0 Å². The first-order valence-corrected chi connectivity index (χ1v) is 11.1. The Morgan fingerprint density at radius 3 is 2.38 bits per heavy atom. The van der Waals surface area contributed by atoms with Gasteiger partial charge in [0.05, 0.1) is 5.56 Å². The Balaban J connectivity index is 0.00000150. The molecule has 166 valence electrons. The van der Waals surface area contributed by atoms with E-state index in [1.54, 1.807) is 11.3 Å². The number of amides is 1. The SMILES string of the molecule is Cl.Cl.N[C@H]1CC[C@@H](N[C@@H]2C[C@H]2c2cc(C(=O)NC3CCC(F)(F)CC3)cs2)CC1. The predicted octanol–water partition coefficient (Wildman–Crippen LogP) is 4.61. The van der Waals surface area contributed by atoms with Gasteiger partial charge in [-0.05, 0) is 51.0 Å². The third kappa shape index (κ3) is 6.50. The van der Waals surface area contributed by atoms with Crippen molar-refractivity contribution in [2.75, 3.05) is 0 Å². The molecule has 1 aromatic heterocycles. The second kappa shape index (κ2) is 10.2. The summed E-state index contributed by atoms with van der Waals surface area (Å²) in [4.78, 5) is 13.7. The summed E-state index contributed by atoms with van der Waals surface area (Å²) in [6.45, 7) is 0. The minimum Gasteiger partial charge on any atom is -0.349 e. The highest BCUT2D eigenvalue weighted by Gasteiger charge is 2.41. The van der Waals surface area contributed by atoms with Crippen LogP contribution in [0.1, 0.15) is 78.9 Å². The molecule has 9 heteroatoms. The molecule has 0 aliphatic heterocycles. The molecule has 29 heavy (non-hydrogen) atoms. The summed E-state index contributed by atoms with van der Waals surface area (Å²) in [5.41, 5.74) is 6.64. The van der Waals surface area contributed by atoms with E-state index in [-0.39, 0.29) is 49.6 Å². The fraction of sp³-hybridized carbons (Fsp3) is 0.750. The number of thiophene rings is 1. The molecular weight excluding hydrogens is 439 g/mol. The highest BCUT2D eigenvalue weighted by Crippen LogP contribution is 2.44. The molecule has 3 aliphatic rings. The Labute approximate surface area is 187 Å². The molecule has 0 bridgehead atoms. The highest BCUT2D eigenvalue weighted by atomic mass is 35.5. The lowest BCUT2D eigenvalue weighted by Gasteiger charge is -2.28. The van der Waals surface area contributed by atoms with E-state index in [9.17, 15) is 13.6 Å². The number of nitrogens with one attached hydrogen (secondary N) is 2. The maximum atomic E-state index is 13.2. The topological polar surface area (TPSA) is 67.1 Å². The highest BCUT2D eigenvalue weighted by molar-refractivity contribution is 7.10. The number of hydrogen-bond acceptors (Lipinski definition) is 4. The molecule has 0 saturated heterocycles. The zero-order valence-electron chi connectivity index (χ0n) is 16.4. The van der Waals surface area contributed by atoms with E-state index in [1.165, 1.54) is 4.88 Å². The first-order chi connectivity index (χ1) is 12.9. The van der Waals surface area contributed by atoms with Gasteiger partial charge < -0.3 is 16.4 Å². The van der Waals surface area contributed by atoms with Gasteiger partial charge in [-0.15, -0.1) is 36.2 Å². The van der Waals surface area contributed by atoms with Crippen molar-refractivity contribution in [1.29, 1.82) is 0 Å². The Kier molecular flexibility index (Phi) is 8.74. The van der Waals surface area contributed by atoms with E-state index in [0.717, 1.165) is 32.1 Å². The number of nitrogens with two attached hydrogens (primary N) is 1. The lowest BCUT2D eigenvalue weighted by atomic mass is 9.92. The standard InChI is InChI=1S/C20H29F2N3OS.2ClH/c21-20(22)7-5-15(6-8-20)25-19(26)12-9-18(27-11-12)16-10-17(16)24-14-3-1-13(23)2-4-14;;/h9,11,13-17,24H,1-8,10,23H2,(H,25,26);2*1H/t13-,14+,16-,17-;;/m1../s1.